The Labute approximate surface area is 215 Å². The lowest BCUT2D eigenvalue weighted by Gasteiger charge is -2.28. The van der Waals surface area contributed by atoms with E-state index in [1.54, 1.807) is 0 Å². The van der Waals surface area contributed by atoms with Crippen LogP contribution in [0.2, 0.25) is 0 Å². The van der Waals surface area contributed by atoms with Crippen molar-refractivity contribution in [1.82, 2.24) is 0 Å². The van der Waals surface area contributed by atoms with Gasteiger partial charge in [0.05, 0.1) is 17.0 Å². The second kappa shape index (κ2) is 11.5. The van der Waals surface area contributed by atoms with Crippen molar-refractivity contribution in [3.8, 4) is 0 Å². The Hall–Kier alpha value is -2.20. The zero-order valence-electron chi connectivity index (χ0n) is 21.3. The Bertz CT molecular complexity index is 1150. The Morgan fingerprint density at radius 2 is 1.39 bits per heavy atom. The molecular weight excluding hydrogens is 484 g/mol. The maximum absolute atomic E-state index is 13.5. The van der Waals surface area contributed by atoms with Crippen molar-refractivity contribution in [2.75, 3.05) is 12.4 Å². The van der Waals surface area contributed by atoms with Crippen LogP contribution < -0.4 is 0 Å². The summed E-state index contributed by atoms with van der Waals surface area (Å²) in [4.78, 5) is 38.3. The van der Waals surface area contributed by atoms with Crippen LogP contribution in [0.25, 0.3) is 0 Å². The van der Waals surface area contributed by atoms with E-state index in [2.05, 4.69) is 0 Å². The number of rotatable bonds is 11. The molecule has 9 nitrogen and oxygen atoms in total. The number of benzene rings is 1. The first-order valence-corrected chi connectivity index (χ1v) is 14.3. The quantitative estimate of drug-likeness (QED) is 0.193. The smallest absolute Gasteiger partial charge is 0.339 e. The topological polar surface area (TPSA) is 144 Å². The summed E-state index contributed by atoms with van der Waals surface area (Å²) in [5.41, 5.74) is 3.64. The number of carboxylic acids is 1. The fourth-order valence-electron chi connectivity index (χ4n) is 6.27. The van der Waals surface area contributed by atoms with Crippen molar-refractivity contribution >= 4 is 59.4 Å². The molecule has 2 N–H and O–H groups in total. The molecule has 192 valence electrons. The molecular formula is C22H32B4O9S. The lowest BCUT2D eigenvalue weighted by atomic mass is 9.72. The van der Waals surface area contributed by atoms with Gasteiger partial charge in [-0.1, -0.05) is 25.3 Å². The largest absolute Gasteiger partial charge is 0.478 e. The molecule has 4 unspecified atom stereocenters. The SMILES string of the molecule is BCc1c(CB)c(CB)c(C(=O)OC2CC3CC2CC3C(=O)OCCS(=O)(=O)O)c(C(=O)O)c1CB. The van der Waals surface area contributed by atoms with Crippen LogP contribution in [0.5, 0.6) is 0 Å². The molecule has 0 radical (unpaired) electrons. The summed E-state index contributed by atoms with van der Waals surface area (Å²) >= 11 is 0. The van der Waals surface area contributed by atoms with E-state index in [0.29, 0.717) is 50.1 Å². The van der Waals surface area contributed by atoms with Gasteiger partial charge in [-0.3, -0.25) is 9.35 Å². The van der Waals surface area contributed by atoms with E-state index in [0.717, 1.165) is 16.7 Å². The fourth-order valence-corrected chi connectivity index (χ4v) is 6.56. The Morgan fingerprint density at radius 3 is 1.83 bits per heavy atom. The molecule has 4 atom stereocenters. The number of fused-ring (bicyclic) bond motifs is 2. The first kappa shape index (κ1) is 28.4. The lowest BCUT2D eigenvalue weighted by molar-refractivity contribution is -0.150. The number of hydrogen-bond acceptors (Lipinski definition) is 7. The summed E-state index contributed by atoms with van der Waals surface area (Å²) in [6.45, 7) is -0.408. The number of esters is 2. The third kappa shape index (κ3) is 5.69. The van der Waals surface area contributed by atoms with Gasteiger partial charge in [0.25, 0.3) is 10.1 Å². The molecule has 0 aromatic heterocycles. The summed E-state index contributed by atoms with van der Waals surface area (Å²) in [5, 5.41) is 10.1. The monoisotopic (exact) mass is 516 g/mol. The van der Waals surface area contributed by atoms with Gasteiger partial charge in [0, 0.05) is 0 Å². The average molecular weight is 516 g/mol. The number of aromatic carboxylic acids is 1. The molecule has 1 aromatic carbocycles. The number of carboxylic acid groups (broad SMARTS) is 1. The molecule has 2 fully saturated rings. The molecule has 2 aliphatic carbocycles. The first-order valence-electron chi connectivity index (χ1n) is 12.7. The minimum Gasteiger partial charge on any atom is -0.478 e. The summed E-state index contributed by atoms with van der Waals surface area (Å²) < 4.78 is 41.4. The van der Waals surface area contributed by atoms with Gasteiger partial charge >= 0.3 is 17.9 Å². The Kier molecular flexibility index (Phi) is 9.03. The van der Waals surface area contributed by atoms with E-state index >= 15 is 0 Å². The molecule has 14 heteroatoms. The highest BCUT2D eigenvalue weighted by molar-refractivity contribution is 7.85. The van der Waals surface area contributed by atoms with Crippen LogP contribution in [0.1, 0.15) is 62.2 Å². The van der Waals surface area contributed by atoms with Gasteiger partial charge in [-0.2, -0.15) is 8.42 Å². The highest BCUT2D eigenvalue weighted by Crippen LogP contribution is 2.50. The lowest BCUT2D eigenvalue weighted by Crippen LogP contribution is -2.33. The van der Waals surface area contributed by atoms with Crippen LogP contribution >= 0.6 is 0 Å². The molecule has 36 heavy (non-hydrogen) atoms. The third-order valence-corrected chi connectivity index (χ3v) is 8.40. The third-order valence-electron chi connectivity index (χ3n) is 7.72. The van der Waals surface area contributed by atoms with E-state index in [1.807, 2.05) is 31.4 Å². The van der Waals surface area contributed by atoms with Crippen LogP contribution in [0, 0.1) is 17.8 Å². The van der Waals surface area contributed by atoms with E-state index in [1.165, 1.54) is 0 Å². The summed E-state index contributed by atoms with van der Waals surface area (Å²) in [5.74, 6) is -3.44. The van der Waals surface area contributed by atoms with Gasteiger partial charge in [0.1, 0.15) is 49.8 Å². The van der Waals surface area contributed by atoms with E-state index in [-0.39, 0.29) is 23.0 Å². The molecule has 2 saturated carbocycles. The highest BCUT2D eigenvalue weighted by Gasteiger charge is 2.51. The fraction of sp³-hybridized carbons (Fsp3) is 0.591. The number of carbonyl (C=O) groups excluding carboxylic acids is 2. The first-order chi connectivity index (χ1) is 17.0. The zero-order valence-corrected chi connectivity index (χ0v) is 22.2. The van der Waals surface area contributed by atoms with Crippen molar-refractivity contribution < 1.29 is 41.9 Å². The molecule has 0 amide bonds. The standard InChI is InChI=1S/C22H32B4O9S/c23-6-13-14(7-24)16(9-26)19(18(20(27)28)15(13)8-25)22(30)35-17-5-10-3-11(17)4-12(10)21(29)34-1-2-36(31,32)33/h10-12,17H,1-9,23-26H2,(H,27,28)(H,31,32,33). The van der Waals surface area contributed by atoms with Gasteiger partial charge < -0.3 is 14.6 Å². The van der Waals surface area contributed by atoms with Crippen LogP contribution in [0.4, 0.5) is 0 Å². The second-order valence-electron chi connectivity index (χ2n) is 9.61. The molecule has 0 heterocycles. The second-order valence-corrected chi connectivity index (χ2v) is 11.2. The molecule has 1 aromatic rings. The predicted octanol–water partition coefficient (Wildman–Crippen LogP) is -2.08. The van der Waals surface area contributed by atoms with Crippen molar-refractivity contribution in [2.45, 2.75) is 50.6 Å². The maximum Gasteiger partial charge on any atom is 0.339 e. The summed E-state index contributed by atoms with van der Waals surface area (Å²) in [6.07, 6.45) is 3.56. The Morgan fingerprint density at radius 1 is 0.833 bits per heavy atom. The van der Waals surface area contributed by atoms with Gasteiger partial charge in [-0.05, 0) is 53.4 Å². The van der Waals surface area contributed by atoms with Crippen LogP contribution in [0.15, 0.2) is 0 Å². The number of hydrogen-bond donors (Lipinski definition) is 2. The summed E-state index contributed by atoms with van der Waals surface area (Å²) in [6, 6.07) is 0. The zero-order chi connectivity index (χ0) is 26.8. The van der Waals surface area contributed by atoms with E-state index in [4.69, 9.17) is 14.0 Å². The van der Waals surface area contributed by atoms with E-state index in [9.17, 15) is 27.9 Å². The number of carbonyl (C=O) groups is 3. The molecule has 2 bridgehead atoms. The Balaban J connectivity index is 1.80. The normalized spacial score (nSPS) is 22.9. The van der Waals surface area contributed by atoms with Crippen molar-refractivity contribution in [2.24, 2.45) is 17.8 Å². The van der Waals surface area contributed by atoms with Gasteiger partial charge in [0.15, 0.2) is 0 Å². The van der Waals surface area contributed by atoms with Crippen molar-refractivity contribution in [3.05, 3.63) is 33.4 Å². The average Bonchev–Trinajstić information content (AvgIpc) is 3.41. The van der Waals surface area contributed by atoms with Crippen LogP contribution in [0.3, 0.4) is 0 Å². The van der Waals surface area contributed by atoms with Gasteiger partial charge in [0.2, 0.25) is 0 Å². The minimum absolute atomic E-state index is 0.0387. The predicted molar refractivity (Wildman–Crippen MR) is 143 cm³/mol. The molecule has 0 spiro atoms. The van der Waals surface area contributed by atoms with Crippen LogP contribution in [-0.4, -0.2) is 85.8 Å². The molecule has 3 rings (SSSR count). The van der Waals surface area contributed by atoms with E-state index < -0.39 is 52.4 Å². The summed E-state index contributed by atoms with van der Waals surface area (Å²) in [7, 11) is 3.60. The minimum atomic E-state index is -4.21. The number of ether oxygens (including phenoxy) is 2. The van der Waals surface area contributed by atoms with Crippen LogP contribution in [-0.2, 0) is 49.7 Å². The molecule has 0 aliphatic heterocycles. The van der Waals surface area contributed by atoms with Crippen molar-refractivity contribution in [3.63, 3.8) is 0 Å². The highest BCUT2D eigenvalue weighted by atomic mass is 32.2. The van der Waals surface area contributed by atoms with Gasteiger partial charge in [-0.15, -0.1) is 0 Å². The molecule has 0 saturated heterocycles. The maximum atomic E-state index is 13.5. The van der Waals surface area contributed by atoms with Crippen molar-refractivity contribution in [1.29, 1.82) is 0 Å². The molecule has 2 aliphatic rings. The van der Waals surface area contributed by atoms with Gasteiger partial charge in [-0.25, -0.2) is 9.59 Å².